The van der Waals surface area contributed by atoms with Crippen LogP contribution in [0.2, 0.25) is 10.0 Å². The van der Waals surface area contributed by atoms with Crippen LogP contribution in [0, 0.1) is 0 Å². The summed E-state index contributed by atoms with van der Waals surface area (Å²) in [4.78, 5) is 21.8. The number of likely N-dealkylation sites (tertiary alicyclic amines) is 1. The summed E-state index contributed by atoms with van der Waals surface area (Å²) in [6.45, 7) is 3.24. The van der Waals surface area contributed by atoms with E-state index in [4.69, 9.17) is 23.2 Å². The number of rotatable bonds is 9. The van der Waals surface area contributed by atoms with Gasteiger partial charge in [-0.2, -0.15) is 0 Å². The number of halogens is 2. The Kier molecular flexibility index (Phi) is 9.01. The molecule has 0 aromatic heterocycles. The summed E-state index contributed by atoms with van der Waals surface area (Å²) in [5.41, 5.74) is 5.52. The van der Waals surface area contributed by atoms with Gasteiger partial charge in [-0.3, -0.25) is 4.79 Å². The van der Waals surface area contributed by atoms with E-state index in [1.807, 2.05) is 30.0 Å². The number of carbonyl (C=O) groups excluding carboxylic acids is 1. The Labute approximate surface area is 231 Å². The lowest BCUT2D eigenvalue weighted by atomic mass is 9.99. The first-order valence-corrected chi connectivity index (χ1v) is 13.5. The van der Waals surface area contributed by atoms with Crippen molar-refractivity contribution in [1.29, 1.82) is 0 Å². The Balaban J connectivity index is 1.53. The molecule has 5 nitrogen and oxygen atoms in total. The van der Waals surface area contributed by atoms with E-state index in [1.165, 1.54) is 29.7 Å². The minimum Gasteiger partial charge on any atom is -0.378 e. The van der Waals surface area contributed by atoms with Gasteiger partial charge >= 0.3 is 0 Å². The van der Waals surface area contributed by atoms with Crippen molar-refractivity contribution in [2.45, 2.75) is 18.9 Å². The van der Waals surface area contributed by atoms with Gasteiger partial charge in [0.05, 0.1) is 22.6 Å². The van der Waals surface area contributed by atoms with Crippen LogP contribution >= 0.6 is 23.2 Å². The molecule has 0 aliphatic carbocycles. The van der Waals surface area contributed by atoms with Crippen molar-refractivity contribution in [2.75, 3.05) is 64.2 Å². The number of anilines is 2. The maximum absolute atomic E-state index is 13.5. The van der Waals surface area contributed by atoms with Gasteiger partial charge in [0.15, 0.2) is 0 Å². The summed E-state index contributed by atoms with van der Waals surface area (Å²) in [5, 5.41) is 0.986. The first-order chi connectivity index (χ1) is 17.7. The number of nitrogens with zero attached hydrogens (tertiary/aromatic N) is 4. The smallest absolute Gasteiger partial charge is 0.242 e. The molecule has 3 aromatic carbocycles. The first kappa shape index (κ1) is 27.3. The molecule has 0 radical (unpaired) electrons. The van der Waals surface area contributed by atoms with E-state index in [9.17, 15) is 4.79 Å². The molecule has 1 heterocycles. The van der Waals surface area contributed by atoms with Gasteiger partial charge in [0.2, 0.25) is 5.91 Å². The van der Waals surface area contributed by atoms with Crippen LogP contribution in [0.15, 0.2) is 66.7 Å². The van der Waals surface area contributed by atoms with Crippen LogP contribution in [0.4, 0.5) is 11.4 Å². The van der Waals surface area contributed by atoms with Crippen LogP contribution in [0.5, 0.6) is 0 Å². The molecule has 0 bridgehead atoms. The summed E-state index contributed by atoms with van der Waals surface area (Å²) in [5.74, 6) is 0.0560. The summed E-state index contributed by atoms with van der Waals surface area (Å²) in [7, 11) is 7.92. The second-order valence-electron chi connectivity index (χ2n) is 10.0. The van der Waals surface area contributed by atoms with Crippen LogP contribution in [0.1, 0.15) is 24.4 Å². The second-order valence-corrected chi connectivity index (χ2v) is 10.9. The highest BCUT2D eigenvalue weighted by molar-refractivity contribution is 6.42. The van der Waals surface area contributed by atoms with Gasteiger partial charge in [-0.25, -0.2) is 0 Å². The van der Waals surface area contributed by atoms with E-state index in [0.29, 0.717) is 10.0 Å². The van der Waals surface area contributed by atoms with Crippen molar-refractivity contribution in [1.82, 2.24) is 9.80 Å². The zero-order valence-corrected chi connectivity index (χ0v) is 23.6. The zero-order chi connectivity index (χ0) is 26.5. The van der Waals surface area contributed by atoms with Crippen molar-refractivity contribution in [2.24, 2.45) is 0 Å². The van der Waals surface area contributed by atoms with E-state index in [-0.39, 0.29) is 18.5 Å². The van der Waals surface area contributed by atoms with Gasteiger partial charge in [0, 0.05) is 46.1 Å². The highest BCUT2D eigenvalue weighted by atomic mass is 35.5. The molecule has 196 valence electrons. The molecule has 0 saturated carbocycles. The largest absolute Gasteiger partial charge is 0.378 e. The van der Waals surface area contributed by atoms with E-state index >= 15 is 0 Å². The third kappa shape index (κ3) is 6.78. The fraction of sp³-hybridized carbons (Fsp3) is 0.367. The molecule has 7 heteroatoms. The molecule has 1 fully saturated rings. The van der Waals surface area contributed by atoms with Crippen LogP contribution < -0.4 is 9.80 Å². The first-order valence-electron chi connectivity index (χ1n) is 12.7. The average Bonchev–Trinajstić information content (AvgIpc) is 3.42. The molecule has 37 heavy (non-hydrogen) atoms. The van der Waals surface area contributed by atoms with E-state index < -0.39 is 0 Å². The lowest BCUT2D eigenvalue weighted by molar-refractivity contribution is -0.131. The quantitative estimate of drug-likeness (QED) is 0.312. The van der Waals surface area contributed by atoms with Crippen molar-refractivity contribution in [3.8, 4) is 11.1 Å². The number of hydrogen-bond acceptors (Lipinski definition) is 4. The van der Waals surface area contributed by atoms with Gasteiger partial charge in [-0.15, -0.1) is 0 Å². The number of benzene rings is 3. The minimum atomic E-state index is -0.0324. The van der Waals surface area contributed by atoms with Crippen molar-refractivity contribution in [3.63, 3.8) is 0 Å². The zero-order valence-electron chi connectivity index (χ0n) is 22.1. The molecule has 1 amide bonds. The maximum atomic E-state index is 13.5. The molecule has 1 atom stereocenters. The molecule has 1 saturated heterocycles. The van der Waals surface area contributed by atoms with Crippen LogP contribution in [0.25, 0.3) is 11.1 Å². The van der Waals surface area contributed by atoms with Gasteiger partial charge in [-0.05, 0) is 73.0 Å². The lowest BCUT2D eigenvalue weighted by Gasteiger charge is -2.33. The lowest BCUT2D eigenvalue weighted by Crippen LogP contribution is -2.42. The van der Waals surface area contributed by atoms with Crippen LogP contribution in [-0.2, 0) is 4.79 Å². The van der Waals surface area contributed by atoms with Crippen molar-refractivity contribution < 1.29 is 4.79 Å². The van der Waals surface area contributed by atoms with Gasteiger partial charge in [-0.1, -0.05) is 59.6 Å². The third-order valence-corrected chi connectivity index (χ3v) is 7.94. The number of amides is 1. The van der Waals surface area contributed by atoms with Crippen molar-refractivity contribution >= 4 is 40.5 Å². The number of hydrogen-bond donors (Lipinski definition) is 0. The summed E-state index contributed by atoms with van der Waals surface area (Å²) in [6, 6.07) is 22.6. The number of carbonyl (C=O) groups is 1. The second kappa shape index (κ2) is 12.2. The third-order valence-electron chi connectivity index (χ3n) is 7.20. The van der Waals surface area contributed by atoms with Crippen LogP contribution in [0.3, 0.4) is 0 Å². The Hall–Kier alpha value is -2.73. The van der Waals surface area contributed by atoms with Gasteiger partial charge in [0.25, 0.3) is 0 Å². The predicted octanol–water partition coefficient (Wildman–Crippen LogP) is 6.46. The molecule has 1 aliphatic heterocycles. The Morgan fingerprint density at radius 2 is 1.54 bits per heavy atom. The van der Waals surface area contributed by atoms with Gasteiger partial charge in [0.1, 0.15) is 0 Å². The Bertz CT molecular complexity index is 1210. The minimum absolute atomic E-state index is 0.0324. The molecular formula is C30H36Cl2N4O. The Morgan fingerprint density at radius 3 is 2.19 bits per heavy atom. The van der Waals surface area contributed by atoms with Crippen molar-refractivity contribution in [3.05, 3.63) is 82.3 Å². The molecule has 1 unspecified atom stereocenters. The fourth-order valence-corrected chi connectivity index (χ4v) is 5.12. The summed E-state index contributed by atoms with van der Waals surface area (Å²) >= 11 is 12.3. The predicted molar refractivity (Wildman–Crippen MR) is 157 cm³/mol. The number of likely N-dealkylation sites (N-methyl/N-ethyl adjacent to an activating group) is 2. The monoisotopic (exact) mass is 538 g/mol. The average molecular weight is 540 g/mol. The van der Waals surface area contributed by atoms with Gasteiger partial charge < -0.3 is 19.6 Å². The SMILES string of the molecule is CN(C)c1cccc(-c2ccc(C(CN3CCCC3)N(C)C(=O)CN(C)c3ccc(Cl)c(Cl)c3)cc2)c1. The molecule has 4 rings (SSSR count). The normalized spacial score (nSPS) is 14.4. The van der Waals surface area contributed by atoms with E-state index in [1.54, 1.807) is 12.1 Å². The fourth-order valence-electron chi connectivity index (χ4n) is 4.82. The molecule has 1 aliphatic rings. The highest BCUT2D eigenvalue weighted by Crippen LogP contribution is 2.30. The Morgan fingerprint density at radius 1 is 0.838 bits per heavy atom. The van der Waals surface area contributed by atoms with E-state index in [2.05, 4.69) is 72.4 Å². The topological polar surface area (TPSA) is 30.0 Å². The highest BCUT2D eigenvalue weighted by Gasteiger charge is 2.26. The molecule has 3 aromatic rings. The molecule has 0 N–H and O–H groups in total. The van der Waals surface area contributed by atoms with E-state index in [0.717, 1.165) is 30.9 Å². The summed E-state index contributed by atoms with van der Waals surface area (Å²) < 4.78 is 0. The maximum Gasteiger partial charge on any atom is 0.242 e. The standard InChI is InChI=1S/C30H36Cl2N4O/c1-33(2)25-9-7-8-24(18-25)22-10-12-23(13-11-22)29(20-36-16-5-6-17-36)35(4)30(37)21-34(3)26-14-15-27(31)28(32)19-26/h7-15,18-19,29H,5-6,16-17,20-21H2,1-4H3. The molecule has 0 spiro atoms. The molecular weight excluding hydrogens is 503 g/mol. The summed E-state index contributed by atoms with van der Waals surface area (Å²) in [6.07, 6.45) is 2.43. The van der Waals surface area contributed by atoms with Crippen LogP contribution in [-0.4, -0.2) is 70.1 Å².